The summed E-state index contributed by atoms with van der Waals surface area (Å²) >= 11 is 0. The number of unbranched alkanes of at least 4 members (excludes halogenated alkanes) is 2. The SMILES string of the molecule is [CH2-]CCCC[N+]1=CCCC1.[U]. The maximum absolute atomic E-state index is 3.82. The standard InChI is InChI=1S/C9H17N.U/c1-2-3-4-7-10-8-5-6-9-10;/h8H,1-7,9H2;. The average molecular weight is 377 g/mol. The Hall–Kier alpha value is 0.722. The smallest absolute Gasteiger partial charge is 0.143 e. The maximum atomic E-state index is 3.82. The summed E-state index contributed by atoms with van der Waals surface area (Å²) in [7, 11) is 0. The molecule has 0 N–H and O–H groups in total. The van der Waals surface area contributed by atoms with Gasteiger partial charge >= 0.3 is 0 Å². The van der Waals surface area contributed by atoms with Gasteiger partial charge in [-0.25, -0.2) is 4.58 Å². The first-order valence-corrected chi connectivity index (χ1v) is 4.30. The molecule has 0 amide bonds. The second kappa shape index (κ2) is 7.38. The molecule has 2 heteroatoms. The maximum Gasteiger partial charge on any atom is 0.143 e. The van der Waals surface area contributed by atoms with Gasteiger partial charge < -0.3 is 6.92 Å². The van der Waals surface area contributed by atoms with E-state index in [1.165, 1.54) is 38.8 Å². The Morgan fingerprint density at radius 2 is 2.18 bits per heavy atom. The molecule has 0 aliphatic carbocycles. The van der Waals surface area contributed by atoms with Crippen molar-refractivity contribution in [1.82, 2.24) is 0 Å². The Balaban J connectivity index is 0.000001000. The zero-order chi connectivity index (χ0) is 7.23. The monoisotopic (exact) mass is 377 g/mol. The molecule has 1 aliphatic heterocycles. The van der Waals surface area contributed by atoms with E-state index < -0.39 is 0 Å². The van der Waals surface area contributed by atoms with Gasteiger partial charge in [0, 0.05) is 50.4 Å². The van der Waals surface area contributed by atoms with Gasteiger partial charge in [-0.15, -0.1) is 0 Å². The largest absolute Gasteiger partial charge is 0.343 e. The summed E-state index contributed by atoms with van der Waals surface area (Å²) in [6.07, 6.45) is 8.69. The van der Waals surface area contributed by atoms with E-state index in [4.69, 9.17) is 0 Å². The molecule has 0 bridgehead atoms. The average Bonchev–Trinajstić information content (AvgIpc) is 2.41. The molecule has 62 valence electrons. The molecule has 0 aromatic heterocycles. The number of rotatable bonds is 4. The van der Waals surface area contributed by atoms with Crippen LogP contribution in [-0.2, 0) is 0 Å². The van der Waals surface area contributed by atoms with Crippen LogP contribution in [0.5, 0.6) is 0 Å². The van der Waals surface area contributed by atoms with Crippen molar-refractivity contribution >= 4 is 6.21 Å². The van der Waals surface area contributed by atoms with Crippen molar-refractivity contribution < 1.29 is 35.7 Å². The molecule has 0 aromatic rings. The van der Waals surface area contributed by atoms with Gasteiger partial charge in [0.05, 0.1) is 0 Å². The normalized spacial score (nSPS) is 15.9. The minimum atomic E-state index is 0. The number of hydrogen-bond donors (Lipinski definition) is 0. The summed E-state index contributed by atoms with van der Waals surface area (Å²) < 4.78 is 2.44. The first-order valence-electron chi connectivity index (χ1n) is 4.30. The molecule has 0 saturated heterocycles. The molecule has 11 heavy (non-hydrogen) atoms. The van der Waals surface area contributed by atoms with Gasteiger partial charge in [-0.05, 0) is 0 Å². The minimum absolute atomic E-state index is 0. The van der Waals surface area contributed by atoms with Crippen LogP contribution in [0.3, 0.4) is 0 Å². The van der Waals surface area contributed by atoms with Crippen molar-refractivity contribution in [2.24, 2.45) is 0 Å². The molecule has 0 radical (unpaired) electrons. The molecule has 1 rings (SSSR count). The van der Waals surface area contributed by atoms with Crippen LogP contribution in [0.2, 0.25) is 0 Å². The fourth-order valence-corrected chi connectivity index (χ4v) is 1.35. The Morgan fingerprint density at radius 1 is 1.36 bits per heavy atom. The van der Waals surface area contributed by atoms with Crippen LogP contribution in [0.15, 0.2) is 0 Å². The van der Waals surface area contributed by atoms with Crippen LogP contribution in [0.4, 0.5) is 0 Å². The van der Waals surface area contributed by atoms with Crippen LogP contribution in [0.1, 0.15) is 32.1 Å². The van der Waals surface area contributed by atoms with Crippen molar-refractivity contribution in [3.63, 3.8) is 0 Å². The van der Waals surface area contributed by atoms with Gasteiger partial charge in [0.2, 0.25) is 0 Å². The van der Waals surface area contributed by atoms with E-state index in [0.29, 0.717) is 0 Å². The molecule has 0 spiro atoms. The molecule has 0 fully saturated rings. The fourth-order valence-electron chi connectivity index (χ4n) is 1.35. The first-order chi connectivity index (χ1) is 4.93. The fraction of sp³-hybridized carbons (Fsp3) is 0.778. The quantitative estimate of drug-likeness (QED) is 0.400. The van der Waals surface area contributed by atoms with E-state index in [1.54, 1.807) is 0 Å². The molecule has 1 heterocycles. The second-order valence-corrected chi connectivity index (χ2v) is 2.92. The van der Waals surface area contributed by atoms with Crippen molar-refractivity contribution in [3.8, 4) is 0 Å². The molecular formula is C9H17NU. The third kappa shape index (κ3) is 5.04. The zero-order valence-electron chi connectivity index (χ0n) is 7.18. The third-order valence-electron chi connectivity index (χ3n) is 1.98. The van der Waals surface area contributed by atoms with Crippen molar-refractivity contribution in [1.29, 1.82) is 0 Å². The van der Waals surface area contributed by atoms with E-state index in [0.717, 1.165) is 6.42 Å². The van der Waals surface area contributed by atoms with Gasteiger partial charge in [0.15, 0.2) is 0 Å². The Kier molecular flexibility index (Phi) is 7.86. The zero-order valence-corrected chi connectivity index (χ0v) is 11.3. The Bertz CT molecular complexity index is 121. The van der Waals surface area contributed by atoms with Crippen LogP contribution in [0, 0.1) is 38.0 Å². The van der Waals surface area contributed by atoms with Gasteiger partial charge in [-0.3, -0.25) is 0 Å². The summed E-state index contributed by atoms with van der Waals surface area (Å²) in [5, 5.41) is 0. The van der Waals surface area contributed by atoms with E-state index in [9.17, 15) is 0 Å². The van der Waals surface area contributed by atoms with Gasteiger partial charge in [0.25, 0.3) is 0 Å². The van der Waals surface area contributed by atoms with Crippen LogP contribution in [-0.4, -0.2) is 23.9 Å². The molecule has 0 unspecified atom stereocenters. The molecule has 0 aromatic carbocycles. The summed E-state index contributed by atoms with van der Waals surface area (Å²) in [4.78, 5) is 0. The summed E-state index contributed by atoms with van der Waals surface area (Å²) in [6.45, 7) is 6.37. The summed E-state index contributed by atoms with van der Waals surface area (Å²) in [5.41, 5.74) is 0. The Morgan fingerprint density at radius 3 is 2.73 bits per heavy atom. The second-order valence-electron chi connectivity index (χ2n) is 2.92. The predicted octanol–water partition coefficient (Wildman–Crippen LogP) is 1.87. The van der Waals surface area contributed by atoms with Crippen LogP contribution in [0.25, 0.3) is 0 Å². The van der Waals surface area contributed by atoms with E-state index >= 15 is 0 Å². The van der Waals surface area contributed by atoms with Crippen LogP contribution >= 0.6 is 0 Å². The molecule has 1 nitrogen and oxygen atoms in total. The third-order valence-corrected chi connectivity index (χ3v) is 1.98. The Labute approximate surface area is 93.6 Å². The topological polar surface area (TPSA) is 3.01 Å². The van der Waals surface area contributed by atoms with Gasteiger partial charge in [-0.1, -0.05) is 6.42 Å². The number of nitrogens with zero attached hydrogens (tertiary/aromatic N) is 1. The van der Waals surface area contributed by atoms with Crippen molar-refractivity contribution in [2.75, 3.05) is 13.1 Å². The molecular weight excluding hydrogens is 360 g/mol. The first kappa shape index (κ1) is 11.7. The minimum Gasteiger partial charge on any atom is -0.343 e. The van der Waals surface area contributed by atoms with Gasteiger partial charge in [0.1, 0.15) is 19.3 Å². The molecule has 0 atom stereocenters. The summed E-state index contributed by atoms with van der Waals surface area (Å²) in [5.74, 6) is 0. The van der Waals surface area contributed by atoms with Crippen LogP contribution < -0.4 is 0 Å². The van der Waals surface area contributed by atoms with E-state index in [1.807, 2.05) is 0 Å². The predicted molar refractivity (Wildman–Crippen MR) is 44.5 cm³/mol. The summed E-state index contributed by atoms with van der Waals surface area (Å²) in [6, 6.07) is 0. The molecule has 1 aliphatic rings. The van der Waals surface area contributed by atoms with Gasteiger partial charge in [-0.2, -0.15) is 6.42 Å². The molecule has 0 saturated carbocycles. The van der Waals surface area contributed by atoms with Crippen molar-refractivity contribution in [3.05, 3.63) is 6.92 Å². The van der Waals surface area contributed by atoms with E-state index in [2.05, 4.69) is 17.7 Å². The van der Waals surface area contributed by atoms with Crippen molar-refractivity contribution in [2.45, 2.75) is 32.1 Å². The van der Waals surface area contributed by atoms with E-state index in [-0.39, 0.29) is 31.1 Å². The number of hydrogen-bond acceptors (Lipinski definition) is 0.